The maximum absolute atomic E-state index is 9.97. The quantitative estimate of drug-likeness (QED) is 0.736. The van der Waals surface area contributed by atoms with Crippen molar-refractivity contribution in [3.05, 3.63) is 59.7 Å². The SMILES string of the molecule is COc1cc(OCC(O)COc2ccccc2)ccc1C=C(C#N)C#N. The van der Waals surface area contributed by atoms with Crippen molar-refractivity contribution in [2.45, 2.75) is 6.10 Å². The molecule has 1 unspecified atom stereocenters. The number of para-hydroxylation sites is 1. The minimum Gasteiger partial charge on any atom is -0.496 e. The van der Waals surface area contributed by atoms with Gasteiger partial charge in [-0.05, 0) is 30.3 Å². The molecule has 0 aromatic heterocycles. The van der Waals surface area contributed by atoms with Crippen LogP contribution in [0, 0.1) is 22.7 Å². The first-order valence-electron chi connectivity index (χ1n) is 7.85. The second-order valence-electron chi connectivity index (χ2n) is 5.27. The van der Waals surface area contributed by atoms with E-state index in [0.29, 0.717) is 22.8 Å². The Morgan fingerprint density at radius 1 is 1.04 bits per heavy atom. The van der Waals surface area contributed by atoms with Crippen LogP contribution in [0.5, 0.6) is 17.2 Å². The molecule has 0 aliphatic heterocycles. The molecule has 2 rings (SSSR count). The lowest BCUT2D eigenvalue weighted by atomic mass is 10.1. The number of ether oxygens (including phenoxy) is 3. The molecule has 132 valence electrons. The number of nitriles is 2. The van der Waals surface area contributed by atoms with Gasteiger partial charge >= 0.3 is 0 Å². The van der Waals surface area contributed by atoms with E-state index in [0.717, 1.165) is 0 Å². The number of hydrogen-bond acceptors (Lipinski definition) is 6. The van der Waals surface area contributed by atoms with Crippen LogP contribution in [0.2, 0.25) is 0 Å². The van der Waals surface area contributed by atoms with Crippen molar-refractivity contribution in [2.75, 3.05) is 20.3 Å². The molecule has 0 heterocycles. The lowest BCUT2D eigenvalue weighted by Gasteiger charge is -2.14. The molecular weight excluding hydrogens is 332 g/mol. The fraction of sp³-hybridized carbons (Fsp3) is 0.200. The summed E-state index contributed by atoms with van der Waals surface area (Å²) in [5.41, 5.74) is 0.566. The fourth-order valence-electron chi connectivity index (χ4n) is 2.10. The molecule has 0 saturated heterocycles. The number of aliphatic hydroxyl groups excluding tert-OH is 1. The molecule has 0 fully saturated rings. The molecule has 0 bridgehead atoms. The van der Waals surface area contributed by atoms with Crippen molar-refractivity contribution in [1.82, 2.24) is 0 Å². The zero-order valence-electron chi connectivity index (χ0n) is 14.3. The summed E-state index contributed by atoms with van der Waals surface area (Å²) in [6, 6.07) is 17.8. The van der Waals surface area contributed by atoms with Crippen LogP contribution in [-0.2, 0) is 0 Å². The van der Waals surface area contributed by atoms with E-state index in [1.54, 1.807) is 42.5 Å². The van der Waals surface area contributed by atoms with Crippen molar-refractivity contribution in [2.24, 2.45) is 0 Å². The van der Waals surface area contributed by atoms with Gasteiger partial charge in [0, 0.05) is 11.6 Å². The van der Waals surface area contributed by atoms with Gasteiger partial charge in [0.05, 0.1) is 7.11 Å². The lowest BCUT2D eigenvalue weighted by molar-refractivity contribution is 0.0625. The average molecular weight is 350 g/mol. The third-order valence-electron chi connectivity index (χ3n) is 3.37. The number of aliphatic hydroxyl groups is 1. The van der Waals surface area contributed by atoms with Crippen LogP contribution in [0.25, 0.3) is 6.08 Å². The second kappa shape index (κ2) is 9.73. The van der Waals surface area contributed by atoms with Crippen LogP contribution < -0.4 is 14.2 Å². The number of hydrogen-bond donors (Lipinski definition) is 1. The normalized spacial score (nSPS) is 10.8. The van der Waals surface area contributed by atoms with Crippen LogP contribution in [0.3, 0.4) is 0 Å². The first kappa shape index (κ1) is 18.9. The highest BCUT2D eigenvalue weighted by Crippen LogP contribution is 2.26. The molecule has 0 spiro atoms. The first-order chi connectivity index (χ1) is 12.7. The van der Waals surface area contributed by atoms with E-state index in [4.69, 9.17) is 24.7 Å². The van der Waals surface area contributed by atoms with Crippen molar-refractivity contribution in [3.8, 4) is 29.4 Å². The van der Waals surface area contributed by atoms with Crippen LogP contribution in [0.4, 0.5) is 0 Å². The standard InChI is InChI=1S/C20H18N2O4/c1-24-20-10-19(8-7-16(20)9-15(11-21)12-22)26-14-17(23)13-25-18-5-3-2-4-6-18/h2-10,17,23H,13-14H2,1H3. The molecule has 1 N–H and O–H groups in total. The molecule has 0 aliphatic carbocycles. The Labute approximate surface area is 152 Å². The van der Waals surface area contributed by atoms with E-state index in [9.17, 15) is 5.11 Å². The van der Waals surface area contributed by atoms with Gasteiger partial charge in [-0.2, -0.15) is 10.5 Å². The Hall–Kier alpha value is -3.48. The molecule has 0 aliphatic rings. The zero-order chi connectivity index (χ0) is 18.8. The molecule has 2 aromatic carbocycles. The summed E-state index contributed by atoms with van der Waals surface area (Å²) in [5.74, 6) is 1.63. The Morgan fingerprint density at radius 3 is 2.31 bits per heavy atom. The maximum Gasteiger partial charge on any atom is 0.130 e. The maximum atomic E-state index is 9.97. The number of rotatable bonds is 8. The summed E-state index contributed by atoms with van der Waals surface area (Å²) >= 11 is 0. The molecule has 6 nitrogen and oxygen atoms in total. The first-order valence-corrected chi connectivity index (χ1v) is 7.85. The van der Waals surface area contributed by atoms with E-state index in [1.807, 2.05) is 18.2 Å². The Bertz CT molecular complexity index is 819. The summed E-state index contributed by atoms with van der Waals surface area (Å²) < 4.78 is 16.3. The Kier molecular flexibility index (Phi) is 7.05. The van der Waals surface area contributed by atoms with Gasteiger partial charge in [-0.25, -0.2) is 0 Å². The van der Waals surface area contributed by atoms with Gasteiger partial charge in [-0.15, -0.1) is 0 Å². The topological polar surface area (TPSA) is 95.5 Å². The average Bonchev–Trinajstić information content (AvgIpc) is 2.70. The zero-order valence-corrected chi connectivity index (χ0v) is 14.3. The van der Waals surface area contributed by atoms with E-state index < -0.39 is 6.10 Å². The van der Waals surface area contributed by atoms with Gasteiger partial charge in [0.2, 0.25) is 0 Å². The van der Waals surface area contributed by atoms with Crippen molar-refractivity contribution in [1.29, 1.82) is 10.5 Å². The molecule has 6 heteroatoms. The highest BCUT2D eigenvalue weighted by Gasteiger charge is 2.09. The third kappa shape index (κ3) is 5.55. The largest absolute Gasteiger partial charge is 0.496 e. The predicted molar refractivity (Wildman–Crippen MR) is 95.6 cm³/mol. The van der Waals surface area contributed by atoms with Gasteiger partial charge in [-0.3, -0.25) is 0 Å². The third-order valence-corrected chi connectivity index (χ3v) is 3.37. The predicted octanol–water partition coefficient (Wildman–Crippen LogP) is 2.94. The molecular formula is C20H18N2O4. The van der Waals surface area contributed by atoms with Gasteiger partial charge in [-0.1, -0.05) is 18.2 Å². The number of nitrogens with zero attached hydrogens (tertiary/aromatic N) is 2. The fourth-order valence-corrected chi connectivity index (χ4v) is 2.10. The molecule has 26 heavy (non-hydrogen) atoms. The summed E-state index contributed by atoms with van der Waals surface area (Å²) in [6.45, 7) is 0.155. The van der Waals surface area contributed by atoms with Crippen LogP contribution in [0.15, 0.2) is 54.1 Å². The van der Waals surface area contributed by atoms with Crippen molar-refractivity contribution < 1.29 is 19.3 Å². The molecule has 0 amide bonds. The minimum atomic E-state index is -0.801. The van der Waals surface area contributed by atoms with Gasteiger partial charge in [0.15, 0.2) is 0 Å². The van der Waals surface area contributed by atoms with E-state index in [1.165, 1.54) is 13.2 Å². The van der Waals surface area contributed by atoms with Crippen LogP contribution in [-0.4, -0.2) is 31.5 Å². The van der Waals surface area contributed by atoms with E-state index in [2.05, 4.69) is 0 Å². The Balaban J connectivity index is 1.94. The van der Waals surface area contributed by atoms with E-state index >= 15 is 0 Å². The smallest absolute Gasteiger partial charge is 0.130 e. The van der Waals surface area contributed by atoms with Crippen LogP contribution in [0.1, 0.15) is 5.56 Å². The monoisotopic (exact) mass is 350 g/mol. The second-order valence-corrected chi connectivity index (χ2v) is 5.27. The number of benzene rings is 2. The van der Waals surface area contributed by atoms with E-state index in [-0.39, 0.29) is 18.8 Å². The molecule has 0 radical (unpaired) electrons. The number of allylic oxidation sites excluding steroid dienone is 1. The molecule has 1 atom stereocenters. The van der Waals surface area contributed by atoms with Crippen molar-refractivity contribution >= 4 is 6.08 Å². The summed E-state index contributed by atoms with van der Waals surface area (Å²) in [7, 11) is 1.48. The summed E-state index contributed by atoms with van der Waals surface area (Å²) in [5, 5.41) is 27.6. The minimum absolute atomic E-state index is 0.0227. The van der Waals surface area contributed by atoms with Gasteiger partial charge < -0.3 is 19.3 Å². The van der Waals surface area contributed by atoms with Gasteiger partial charge in [0.25, 0.3) is 0 Å². The summed E-state index contributed by atoms with van der Waals surface area (Å²) in [6.07, 6.45) is 0.634. The highest BCUT2D eigenvalue weighted by molar-refractivity contribution is 5.67. The van der Waals surface area contributed by atoms with Gasteiger partial charge in [0.1, 0.15) is 54.3 Å². The lowest BCUT2D eigenvalue weighted by Crippen LogP contribution is -2.25. The highest BCUT2D eigenvalue weighted by atomic mass is 16.5. The number of methoxy groups -OCH3 is 1. The summed E-state index contributed by atoms with van der Waals surface area (Å²) in [4.78, 5) is 0. The molecule has 2 aromatic rings. The van der Waals surface area contributed by atoms with Crippen LogP contribution >= 0.6 is 0 Å². The molecule has 0 saturated carbocycles. The van der Waals surface area contributed by atoms with Crippen molar-refractivity contribution in [3.63, 3.8) is 0 Å². The Morgan fingerprint density at radius 2 is 1.69 bits per heavy atom.